The van der Waals surface area contributed by atoms with Crippen molar-refractivity contribution in [2.45, 2.75) is 32.9 Å². The van der Waals surface area contributed by atoms with Gasteiger partial charge < -0.3 is 10.1 Å². The first kappa shape index (κ1) is 15.7. The van der Waals surface area contributed by atoms with Crippen molar-refractivity contribution in [2.24, 2.45) is 0 Å². The first-order valence-corrected chi connectivity index (χ1v) is 7.89. The number of hydrogen-bond donors (Lipinski definition) is 1. The Kier molecular flexibility index (Phi) is 5.90. The Morgan fingerprint density at radius 2 is 2.14 bits per heavy atom. The normalized spacial score (nSPS) is 12.1. The number of thiazole rings is 1. The minimum absolute atomic E-state index is 0.0892. The largest absolute Gasteiger partial charge is 0.466 e. The quantitative estimate of drug-likeness (QED) is 0.798. The van der Waals surface area contributed by atoms with E-state index in [-0.39, 0.29) is 12.0 Å². The molecule has 0 radical (unpaired) electrons. The van der Waals surface area contributed by atoms with Gasteiger partial charge in [0.2, 0.25) is 0 Å². The number of benzene rings is 1. The molecule has 5 heteroatoms. The standard InChI is InChI=1S/C16H20N2O2S/c1-3-20-15(19)9-12(2)17-10-14-11-18-16(21-14)13-7-5-4-6-8-13/h4-8,11-12,17H,3,9-10H2,1-2H3. The van der Waals surface area contributed by atoms with E-state index in [4.69, 9.17) is 4.74 Å². The molecular weight excluding hydrogens is 284 g/mol. The molecule has 1 unspecified atom stereocenters. The molecule has 21 heavy (non-hydrogen) atoms. The highest BCUT2D eigenvalue weighted by atomic mass is 32.1. The summed E-state index contributed by atoms with van der Waals surface area (Å²) >= 11 is 1.67. The highest BCUT2D eigenvalue weighted by molar-refractivity contribution is 7.15. The fraction of sp³-hybridized carbons (Fsp3) is 0.375. The number of carbonyl (C=O) groups excluding carboxylic acids is 1. The molecule has 0 aliphatic carbocycles. The van der Waals surface area contributed by atoms with Crippen LogP contribution in [0.2, 0.25) is 0 Å². The molecule has 4 nitrogen and oxygen atoms in total. The second kappa shape index (κ2) is 7.90. The number of esters is 1. The zero-order valence-corrected chi connectivity index (χ0v) is 13.2. The zero-order valence-electron chi connectivity index (χ0n) is 12.3. The molecule has 0 fully saturated rings. The summed E-state index contributed by atoms with van der Waals surface area (Å²) in [4.78, 5) is 17.0. The van der Waals surface area contributed by atoms with Crippen molar-refractivity contribution in [3.63, 3.8) is 0 Å². The van der Waals surface area contributed by atoms with Gasteiger partial charge >= 0.3 is 5.97 Å². The van der Waals surface area contributed by atoms with Gasteiger partial charge in [0, 0.05) is 29.2 Å². The van der Waals surface area contributed by atoms with Crippen molar-refractivity contribution in [3.8, 4) is 10.6 Å². The summed E-state index contributed by atoms with van der Waals surface area (Å²) in [5, 5.41) is 4.34. The lowest BCUT2D eigenvalue weighted by molar-refractivity contribution is -0.143. The van der Waals surface area contributed by atoms with E-state index in [0.29, 0.717) is 19.6 Å². The zero-order chi connectivity index (χ0) is 15.1. The van der Waals surface area contributed by atoms with Crippen LogP contribution < -0.4 is 5.32 Å². The maximum Gasteiger partial charge on any atom is 0.307 e. The highest BCUT2D eigenvalue weighted by Crippen LogP contribution is 2.24. The number of hydrogen-bond acceptors (Lipinski definition) is 5. The van der Waals surface area contributed by atoms with Crippen molar-refractivity contribution in [2.75, 3.05) is 6.61 Å². The number of ether oxygens (including phenoxy) is 1. The van der Waals surface area contributed by atoms with Gasteiger partial charge in [0.15, 0.2) is 0 Å². The number of aromatic nitrogens is 1. The lowest BCUT2D eigenvalue weighted by Gasteiger charge is -2.11. The first-order chi connectivity index (χ1) is 10.2. The van der Waals surface area contributed by atoms with Crippen LogP contribution in [-0.4, -0.2) is 23.6 Å². The highest BCUT2D eigenvalue weighted by Gasteiger charge is 2.10. The van der Waals surface area contributed by atoms with E-state index in [2.05, 4.69) is 22.4 Å². The maximum atomic E-state index is 11.4. The third-order valence-corrected chi connectivity index (χ3v) is 4.02. The van der Waals surface area contributed by atoms with Crippen LogP contribution in [0.1, 0.15) is 25.1 Å². The van der Waals surface area contributed by atoms with Crippen LogP contribution in [0, 0.1) is 0 Å². The van der Waals surface area contributed by atoms with Gasteiger partial charge in [0.25, 0.3) is 0 Å². The molecule has 0 saturated carbocycles. The van der Waals surface area contributed by atoms with E-state index < -0.39 is 0 Å². The monoisotopic (exact) mass is 304 g/mol. The summed E-state index contributed by atoms with van der Waals surface area (Å²) in [6.45, 7) is 4.94. The summed E-state index contributed by atoms with van der Waals surface area (Å²) in [6.07, 6.45) is 2.27. The minimum atomic E-state index is -0.160. The molecule has 0 spiro atoms. The molecule has 1 N–H and O–H groups in total. The predicted molar refractivity (Wildman–Crippen MR) is 85.1 cm³/mol. The van der Waals surface area contributed by atoms with Crippen molar-refractivity contribution in [1.29, 1.82) is 0 Å². The summed E-state index contributed by atoms with van der Waals surface area (Å²) in [5.41, 5.74) is 1.13. The van der Waals surface area contributed by atoms with Gasteiger partial charge in [0.05, 0.1) is 13.0 Å². The van der Waals surface area contributed by atoms with Crippen LogP contribution in [0.15, 0.2) is 36.5 Å². The second-order valence-electron chi connectivity index (χ2n) is 4.79. The molecule has 2 aromatic rings. The summed E-state index contributed by atoms with van der Waals surface area (Å²) in [7, 11) is 0. The van der Waals surface area contributed by atoms with Gasteiger partial charge in [-0.25, -0.2) is 4.98 Å². The third kappa shape index (κ3) is 4.95. The van der Waals surface area contributed by atoms with E-state index in [9.17, 15) is 4.79 Å². The van der Waals surface area contributed by atoms with Crippen LogP contribution in [0.4, 0.5) is 0 Å². The van der Waals surface area contributed by atoms with Crippen molar-refractivity contribution in [1.82, 2.24) is 10.3 Å². The average molecular weight is 304 g/mol. The number of nitrogens with zero attached hydrogens (tertiary/aromatic N) is 1. The van der Waals surface area contributed by atoms with Crippen molar-refractivity contribution >= 4 is 17.3 Å². The molecule has 112 valence electrons. The Morgan fingerprint density at radius 1 is 1.38 bits per heavy atom. The van der Waals surface area contributed by atoms with Crippen LogP contribution in [-0.2, 0) is 16.1 Å². The Hall–Kier alpha value is -1.72. The SMILES string of the molecule is CCOC(=O)CC(C)NCc1cnc(-c2ccccc2)s1. The van der Waals surface area contributed by atoms with E-state index in [1.807, 2.05) is 38.2 Å². The van der Waals surface area contributed by atoms with E-state index >= 15 is 0 Å². The molecule has 0 aliphatic heterocycles. The third-order valence-electron chi connectivity index (χ3n) is 2.98. The lowest BCUT2D eigenvalue weighted by atomic mass is 10.2. The van der Waals surface area contributed by atoms with Crippen LogP contribution in [0.25, 0.3) is 10.6 Å². The Labute approximate surface area is 129 Å². The van der Waals surface area contributed by atoms with Crippen molar-refractivity contribution < 1.29 is 9.53 Å². The topological polar surface area (TPSA) is 51.2 Å². The van der Waals surface area contributed by atoms with Gasteiger partial charge in [0.1, 0.15) is 5.01 Å². The molecule has 1 heterocycles. The van der Waals surface area contributed by atoms with E-state index in [1.54, 1.807) is 11.3 Å². The fourth-order valence-electron chi connectivity index (χ4n) is 1.92. The van der Waals surface area contributed by atoms with Gasteiger partial charge in [-0.05, 0) is 13.8 Å². The molecule has 2 rings (SSSR count). The van der Waals surface area contributed by atoms with E-state index in [1.165, 1.54) is 0 Å². The number of nitrogens with one attached hydrogen (secondary N) is 1. The van der Waals surface area contributed by atoms with Crippen molar-refractivity contribution in [3.05, 3.63) is 41.4 Å². The van der Waals surface area contributed by atoms with Gasteiger partial charge in [-0.15, -0.1) is 11.3 Å². The van der Waals surface area contributed by atoms with Gasteiger partial charge in [-0.1, -0.05) is 30.3 Å². The predicted octanol–water partition coefficient (Wildman–Crippen LogP) is 3.24. The van der Waals surface area contributed by atoms with Gasteiger partial charge in [-0.2, -0.15) is 0 Å². The number of rotatable bonds is 7. The van der Waals surface area contributed by atoms with Gasteiger partial charge in [-0.3, -0.25) is 4.79 Å². The molecule has 0 saturated heterocycles. The van der Waals surface area contributed by atoms with Crippen LogP contribution in [0.5, 0.6) is 0 Å². The number of carbonyl (C=O) groups is 1. The molecule has 1 atom stereocenters. The molecule has 0 amide bonds. The summed E-state index contributed by atoms with van der Waals surface area (Å²) in [6, 6.07) is 10.2. The van der Waals surface area contributed by atoms with E-state index in [0.717, 1.165) is 15.4 Å². The molecule has 1 aromatic carbocycles. The molecule has 1 aromatic heterocycles. The fourth-order valence-corrected chi connectivity index (χ4v) is 2.79. The summed E-state index contributed by atoms with van der Waals surface area (Å²) < 4.78 is 4.94. The average Bonchev–Trinajstić information content (AvgIpc) is 2.95. The molecular formula is C16H20N2O2S. The smallest absolute Gasteiger partial charge is 0.307 e. The van der Waals surface area contributed by atoms with Crippen LogP contribution >= 0.6 is 11.3 Å². The maximum absolute atomic E-state index is 11.4. The Balaban J connectivity index is 1.84. The molecule has 0 aliphatic rings. The van der Waals surface area contributed by atoms with Crippen LogP contribution in [0.3, 0.4) is 0 Å². The second-order valence-corrected chi connectivity index (χ2v) is 5.90. The minimum Gasteiger partial charge on any atom is -0.466 e. The first-order valence-electron chi connectivity index (χ1n) is 7.08. The Morgan fingerprint density at radius 3 is 2.86 bits per heavy atom. The lowest BCUT2D eigenvalue weighted by Crippen LogP contribution is -2.28. The Bertz CT molecular complexity index is 569. The molecule has 0 bridgehead atoms. The summed E-state index contributed by atoms with van der Waals surface area (Å²) in [5.74, 6) is -0.160.